The number of carbonyl (C=O) groups is 3. The van der Waals surface area contributed by atoms with Crippen LogP contribution in [0.15, 0.2) is 102 Å². The summed E-state index contributed by atoms with van der Waals surface area (Å²) >= 11 is 7.71. The summed E-state index contributed by atoms with van der Waals surface area (Å²) in [5.41, 5.74) is 5.40. The first kappa shape index (κ1) is 60.9. The average Bonchev–Trinajstić information content (AvgIpc) is 4.24. The number of nitrogens with one attached hydrogen (secondary N) is 1. The van der Waals surface area contributed by atoms with Crippen LogP contribution >= 0.6 is 35.1 Å². The van der Waals surface area contributed by atoms with Crippen molar-refractivity contribution >= 4 is 86.4 Å². The van der Waals surface area contributed by atoms with Crippen molar-refractivity contribution in [2.75, 3.05) is 50.9 Å². The Morgan fingerprint density at radius 3 is 1.84 bits per heavy atom. The Morgan fingerprint density at radius 1 is 0.778 bits per heavy atom. The standard InChI is InChI=1S/C29H24F2N4O2S.C25H25F2N5O3S.C4H7ClO2/c1-2-10-37-27-16-33-25(15-34-27)24(31)12-19-8-9-23(30)22(11-19)29-18-32-14-21(29)17-38-28(35-29)13-26(36)20-6-4-3-5-7-20;1-4-7-34-22-11-29-21(10-30-22)20(27)9-16-5-6-19(26)18(8-16)25-14-32(24(33)35-15(2)3)12-17(25)13-36-23(28)31-25;1-3(2)7-4(5)6/h1,3-9,11-12,15-16,21,32H,10,13-14,17-18H2;1,5-6,8-11,15,17H,7,12-14H2,2-3H3,(H2,28,31);3H,1-2H3/b24-12-;20-9-;/t21-,29-;17-,25-;/m00./s1. The number of likely N-dealkylation sites (tertiary alicyclic amines) is 1. The molecule has 0 unspecified atom stereocenters. The molecule has 2 aromatic heterocycles. The minimum atomic E-state index is -1.11. The molecular weight excluding hydrogens is 1110 g/mol. The Morgan fingerprint density at radius 2 is 1.33 bits per heavy atom. The van der Waals surface area contributed by atoms with Crippen molar-refractivity contribution in [2.45, 2.75) is 57.4 Å². The highest BCUT2D eigenvalue weighted by molar-refractivity contribution is 8.14. The largest absolute Gasteiger partial charge is 0.463 e. The fourth-order valence-electron chi connectivity index (χ4n) is 9.09. The molecular formula is C58H56ClF4N9O7S2. The minimum Gasteiger partial charge on any atom is -0.463 e. The van der Waals surface area contributed by atoms with Crippen LogP contribution in [0.3, 0.4) is 0 Å². The highest BCUT2D eigenvalue weighted by Crippen LogP contribution is 2.48. The number of rotatable bonds is 15. The van der Waals surface area contributed by atoms with Crippen LogP contribution in [0.5, 0.6) is 11.8 Å². The van der Waals surface area contributed by atoms with E-state index in [0.717, 1.165) is 0 Å². The number of aliphatic imine (C=N–C) groups is 2. The van der Waals surface area contributed by atoms with E-state index in [1.165, 1.54) is 95.7 Å². The lowest BCUT2D eigenvalue weighted by Crippen LogP contribution is -2.41. The third-order valence-electron chi connectivity index (χ3n) is 12.7. The topological polar surface area (TPSA) is 206 Å². The van der Waals surface area contributed by atoms with Crippen molar-refractivity contribution in [2.24, 2.45) is 27.6 Å². The molecule has 5 aromatic rings. The number of carbonyl (C=O) groups excluding carboxylic acids is 3. The van der Waals surface area contributed by atoms with Gasteiger partial charge in [0, 0.05) is 71.3 Å². The molecule has 2 saturated heterocycles. The van der Waals surface area contributed by atoms with Gasteiger partial charge in [0.05, 0.1) is 55.0 Å². The molecule has 0 spiro atoms. The molecule has 0 aliphatic carbocycles. The van der Waals surface area contributed by atoms with Gasteiger partial charge in [-0.05, 0) is 75.2 Å². The molecule has 16 nitrogen and oxygen atoms in total. The zero-order chi connectivity index (χ0) is 58.3. The van der Waals surface area contributed by atoms with Crippen molar-refractivity contribution in [1.82, 2.24) is 30.2 Å². The maximum atomic E-state index is 15.3. The number of nitrogens with two attached hydrogens (primary N) is 1. The summed E-state index contributed by atoms with van der Waals surface area (Å²) < 4.78 is 80.6. The van der Waals surface area contributed by atoms with Gasteiger partial charge in [-0.3, -0.25) is 9.79 Å². The first-order chi connectivity index (χ1) is 38.8. The van der Waals surface area contributed by atoms with E-state index >= 15 is 13.2 Å². The SMILES string of the molecule is C#CCOc1cnc(/C(F)=C/c2ccc(F)c([C@]34CN(C(=O)OC(C)C)C[C@H]3CSC(N)=N4)c2)cn1.C#CCOc1cnc(/C(F)=C/c2ccc(F)c([C@]34CNC[C@H]3CSC(CC(=O)c3ccccc3)=N4)c2)cn1.CC(C)OC(=O)Cl. The smallest absolute Gasteiger partial charge is 0.410 e. The summed E-state index contributed by atoms with van der Waals surface area (Å²) in [5, 5.41) is 4.32. The molecule has 4 aliphatic heterocycles. The number of benzene rings is 3. The van der Waals surface area contributed by atoms with E-state index in [9.17, 15) is 18.8 Å². The zero-order valence-electron chi connectivity index (χ0n) is 44.4. The molecule has 1 amide bonds. The van der Waals surface area contributed by atoms with Gasteiger partial charge in [-0.15, -0.1) is 24.6 Å². The predicted octanol–water partition coefficient (Wildman–Crippen LogP) is 10.5. The zero-order valence-corrected chi connectivity index (χ0v) is 46.8. The molecule has 6 heterocycles. The highest BCUT2D eigenvalue weighted by Gasteiger charge is 2.53. The number of Topliss-reactive ketones (excluding diaryl/α,β-unsaturated/α-hetero) is 1. The van der Waals surface area contributed by atoms with E-state index in [0.29, 0.717) is 63.6 Å². The van der Waals surface area contributed by atoms with Gasteiger partial charge in [0.1, 0.15) is 34.1 Å². The molecule has 3 aromatic carbocycles. The molecule has 0 saturated carbocycles. The molecule has 0 radical (unpaired) electrons. The van der Waals surface area contributed by atoms with Crippen molar-refractivity contribution in [3.8, 4) is 36.4 Å². The van der Waals surface area contributed by atoms with Crippen LogP contribution in [-0.2, 0) is 20.6 Å². The molecule has 3 N–H and O–H groups in total. The first-order valence-electron chi connectivity index (χ1n) is 25.2. The van der Waals surface area contributed by atoms with E-state index in [1.54, 1.807) is 45.9 Å². The molecule has 422 valence electrons. The number of nitrogens with zero attached hydrogens (tertiary/aromatic N) is 7. The van der Waals surface area contributed by atoms with Crippen molar-refractivity contribution in [3.05, 3.63) is 142 Å². The Balaban J connectivity index is 0.000000209. The Labute approximate surface area is 479 Å². The number of ketones is 1. The van der Waals surface area contributed by atoms with Crippen LogP contribution < -0.4 is 20.5 Å². The van der Waals surface area contributed by atoms with E-state index < -0.39 is 45.9 Å². The van der Waals surface area contributed by atoms with Crippen molar-refractivity contribution in [1.29, 1.82) is 0 Å². The third kappa shape index (κ3) is 15.8. The fraction of sp³-hybridized carbons (Fsp3) is 0.328. The molecule has 9 rings (SSSR count). The maximum absolute atomic E-state index is 15.3. The maximum Gasteiger partial charge on any atom is 0.410 e. The first-order valence-corrected chi connectivity index (χ1v) is 27.6. The lowest BCUT2D eigenvalue weighted by Gasteiger charge is -2.36. The van der Waals surface area contributed by atoms with Gasteiger partial charge in [0.15, 0.2) is 35.8 Å². The third-order valence-corrected chi connectivity index (χ3v) is 14.9. The number of hydrogen-bond donors (Lipinski definition) is 2. The number of thioether (sulfide) groups is 2. The number of halogens is 5. The van der Waals surface area contributed by atoms with Crippen molar-refractivity contribution in [3.63, 3.8) is 0 Å². The molecule has 0 bridgehead atoms. The quantitative estimate of drug-likeness (QED) is 0.0433. The van der Waals surface area contributed by atoms with E-state index in [-0.39, 0.29) is 84.7 Å². The number of hydrogen-bond acceptors (Lipinski definition) is 17. The molecule has 2 fully saturated rings. The summed E-state index contributed by atoms with van der Waals surface area (Å²) in [6, 6.07) is 17.8. The molecule has 23 heteroatoms. The van der Waals surface area contributed by atoms with Gasteiger partial charge in [-0.2, -0.15) is 0 Å². The Kier molecular flexibility index (Phi) is 21.1. The number of amidine groups is 1. The summed E-state index contributed by atoms with van der Waals surface area (Å²) in [5.74, 6) is 3.80. The van der Waals surface area contributed by atoms with Gasteiger partial charge >= 0.3 is 11.5 Å². The van der Waals surface area contributed by atoms with Crippen LogP contribution in [0, 0.1) is 48.2 Å². The predicted molar refractivity (Wildman–Crippen MR) is 307 cm³/mol. The van der Waals surface area contributed by atoms with E-state index in [2.05, 4.69) is 46.8 Å². The van der Waals surface area contributed by atoms with Crippen LogP contribution in [0.2, 0.25) is 0 Å². The van der Waals surface area contributed by atoms with Crippen molar-refractivity contribution < 1.29 is 50.9 Å². The number of amides is 1. The van der Waals surface area contributed by atoms with Gasteiger partial charge in [0.2, 0.25) is 11.8 Å². The number of terminal acetylenes is 2. The van der Waals surface area contributed by atoms with Crippen LogP contribution in [0.4, 0.5) is 27.2 Å². The molecule has 4 atom stereocenters. The van der Waals surface area contributed by atoms with Gasteiger partial charge < -0.3 is 34.9 Å². The van der Waals surface area contributed by atoms with Gasteiger partial charge in [0.25, 0.3) is 0 Å². The van der Waals surface area contributed by atoms with Gasteiger partial charge in [-0.25, -0.2) is 52.1 Å². The average molecular weight is 1170 g/mol. The lowest BCUT2D eigenvalue weighted by molar-refractivity contribution is 0.0816. The molecule has 81 heavy (non-hydrogen) atoms. The lowest BCUT2D eigenvalue weighted by atomic mass is 9.80. The molecule has 4 aliphatic rings. The second kappa shape index (κ2) is 28.1. The highest BCUT2D eigenvalue weighted by atomic mass is 35.5. The van der Waals surface area contributed by atoms with Crippen LogP contribution in [0.25, 0.3) is 23.8 Å². The van der Waals surface area contributed by atoms with E-state index in [1.807, 2.05) is 18.2 Å². The Hall–Kier alpha value is -7.76. The summed E-state index contributed by atoms with van der Waals surface area (Å²) in [7, 11) is 0. The minimum absolute atomic E-state index is 0.0105. The van der Waals surface area contributed by atoms with Crippen LogP contribution in [0.1, 0.15) is 78.1 Å². The van der Waals surface area contributed by atoms with E-state index in [4.69, 9.17) is 49.4 Å². The Bertz CT molecular complexity index is 3290. The summed E-state index contributed by atoms with van der Waals surface area (Å²) in [6.07, 6.45) is 17.1. The monoisotopic (exact) mass is 1170 g/mol. The van der Waals surface area contributed by atoms with Crippen LogP contribution in [-0.4, -0.2) is 115 Å². The number of aromatic nitrogens is 4. The second-order valence-corrected chi connectivity index (χ2v) is 21.5. The summed E-state index contributed by atoms with van der Waals surface area (Å²) in [4.78, 5) is 62.4. The second-order valence-electron chi connectivity index (χ2n) is 19.1. The summed E-state index contributed by atoms with van der Waals surface area (Å²) in [6.45, 7) is 8.59. The number of fused-ring (bicyclic) bond motifs is 2. The van der Waals surface area contributed by atoms with Gasteiger partial charge in [-0.1, -0.05) is 66.1 Å². The fourth-order valence-corrected chi connectivity index (χ4v) is 11.5. The number of ether oxygens (including phenoxy) is 4. The normalized spacial score (nSPS) is 20.1.